The molecule has 1 aromatic heterocycles. The van der Waals surface area contributed by atoms with Gasteiger partial charge >= 0.3 is 0 Å². The van der Waals surface area contributed by atoms with Crippen LogP contribution in [0.15, 0.2) is 53.5 Å². The van der Waals surface area contributed by atoms with Crippen LogP contribution in [0.1, 0.15) is 19.2 Å². The van der Waals surface area contributed by atoms with E-state index in [1.165, 1.54) is 5.69 Å². The Balaban J connectivity index is 0.00000256. The Hall–Kier alpha value is -2.00. The number of aromatic nitrogens is 2. The Morgan fingerprint density at radius 3 is 2.83 bits per heavy atom. The molecule has 2 N–H and O–H groups in total. The molecular weight excluding hydrogens is 511 g/mol. The summed E-state index contributed by atoms with van der Waals surface area (Å²) in [4.78, 5) is 11.9. The van der Waals surface area contributed by atoms with Gasteiger partial charge in [-0.1, -0.05) is 29.8 Å². The van der Waals surface area contributed by atoms with Gasteiger partial charge < -0.3 is 20.1 Å². The number of halogens is 2. The highest BCUT2D eigenvalue weighted by molar-refractivity contribution is 14.0. The molecule has 8 heteroatoms. The van der Waals surface area contributed by atoms with Crippen molar-refractivity contribution in [3.8, 4) is 0 Å². The first-order valence-corrected chi connectivity index (χ1v) is 10.5. The molecule has 1 aliphatic heterocycles. The molecule has 0 radical (unpaired) electrons. The van der Waals surface area contributed by atoms with Crippen LogP contribution in [0.25, 0.3) is 11.0 Å². The van der Waals surface area contributed by atoms with Crippen LogP contribution in [0, 0.1) is 0 Å². The lowest BCUT2D eigenvalue weighted by Crippen LogP contribution is -2.44. The van der Waals surface area contributed by atoms with Crippen molar-refractivity contribution in [3.63, 3.8) is 0 Å². The van der Waals surface area contributed by atoms with Crippen LogP contribution < -0.4 is 15.5 Å². The summed E-state index contributed by atoms with van der Waals surface area (Å²) >= 11 is 6.15. The molecule has 30 heavy (non-hydrogen) atoms. The third-order valence-corrected chi connectivity index (χ3v) is 5.54. The number of nitrogens with zero attached hydrogens (tertiary/aromatic N) is 4. The summed E-state index contributed by atoms with van der Waals surface area (Å²) in [6.07, 6.45) is 1.06. The molecule has 0 spiro atoms. The molecule has 3 aromatic rings. The molecule has 0 aliphatic carbocycles. The summed E-state index contributed by atoms with van der Waals surface area (Å²) in [6, 6.07) is 16.6. The Bertz CT molecular complexity index is 1020. The summed E-state index contributed by atoms with van der Waals surface area (Å²) < 4.78 is 2.11. The minimum atomic E-state index is 0. The predicted molar refractivity (Wildman–Crippen MR) is 136 cm³/mol. The number of rotatable bonds is 5. The summed E-state index contributed by atoms with van der Waals surface area (Å²) in [5.41, 5.74) is 3.30. The van der Waals surface area contributed by atoms with Crippen LogP contribution in [-0.2, 0) is 13.6 Å². The Kier molecular flexibility index (Phi) is 7.82. The second kappa shape index (κ2) is 10.3. The van der Waals surface area contributed by atoms with E-state index in [-0.39, 0.29) is 24.0 Å². The fourth-order valence-corrected chi connectivity index (χ4v) is 3.97. The van der Waals surface area contributed by atoms with Crippen LogP contribution in [0.5, 0.6) is 0 Å². The largest absolute Gasteiger partial charge is 0.369 e. The molecule has 0 amide bonds. The van der Waals surface area contributed by atoms with E-state index in [0.717, 1.165) is 53.9 Å². The smallest absolute Gasteiger partial charge is 0.191 e. The average molecular weight is 539 g/mol. The Morgan fingerprint density at radius 1 is 1.23 bits per heavy atom. The zero-order valence-electron chi connectivity index (χ0n) is 17.3. The Labute approximate surface area is 199 Å². The number of anilines is 1. The molecule has 1 unspecified atom stereocenters. The number of fused-ring (bicyclic) bond motifs is 1. The lowest BCUT2D eigenvalue weighted by molar-refractivity contribution is 0.647. The minimum Gasteiger partial charge on any atom is -0.369 e. The van der Waals surface area contributed by atoms with Crippen LogP contribution in [-0.4, -0.2) is 41.2 Å². The highest BCUT2D eigenvalue weighted by atomic mass is 127. The molecule has 0 saturated carbocycles. The first-order chi connectivity index (χ1) is 14.1. The van der Waals surface area contributed by atoms with Gasteiger partial charge in [0.15, 0.2) is 5.96 Å². The van der Waals surface area contributed by atoms with Gasteiger partial charge in [-0.2, -0.15) is 0 Å². The number of hydrogen-bond donors (Lipinski definition) is 2. The maximum Gasteiger partial charge on any atom is 0.191 e. The maximum atomic E-state index is 6.15. The van der Waals surface area contributed by atoms with E-state index < -0.39 is 0 Å². The Morgan fingerprint density at radius 2 is 2.07 bits per heavy atom. The number of imidazole rings is 1. The lowest BCUT2D eigenvalue weighted by atomic mass is 10.3. The zero-order valence-corrected chi connectivity index (χ0v) is 20.4. The predicted octanol–water partition coefficient (Wildman–Crippen LogP) is 4.18. The normalized spacial score (nSPS) is 16.6. The number of hydrogen-bond acceptors (Lipinski definition) is 3. The van der Waals surface area contributed by atoms with Gasteiger partial charge in [-0.15, -0.1) is 24.0 Å². The van der Waals surface area contributed by atoms with E-state index in [2.05, 4.69) is 39.2 Å². The van der Waals surface area contributed by atoms with E-state index in [4.69, 9.17) is 21.6 Å². The van der Waals surface area contributed by atoms with Gasteiger partial charge in [0, 0.05) is 43.4 Å². The summed E-state index contributed by atoms with van der Waals surface area (Å²) in [5, 5.41) is 7.72. The molecule has 1 atom stereocenters. The number of para-hydroxylation sites is 2. The quantitative estimate of drug-likeness (QED) is 0.291. The van der Waals surface area contributed by atoms with Crippen molar-refractivity contribution in [2.75, 3.05) is 24.5 Å². The van der Waals surface area contributed by atoms with E-state index in [0.29, 0.717) is 12.6 Å². The summed E-state index contributed by atoms with van der Waals surface area (Å²) in [7, 11) is 2.04. The second-order valence-electron chi connectivity index (χ2n) is 7.33. The van der Waals surface area contributed by atoms with Crippen molar-refractivity contribution in [2.24, 2.45) is 12.0 Å². The summed E-state index contributed by atoms with van der Waals surface area (Å²) in [5.74, 6) is 1.79. The molecular formula is C22H28ClIN6. The lowest BCUT2D eigenvalue weighted by Gasteiger charge is -2.20. The van der Waals surface area contributed by atoms with Gasteiger partial charge in [-0.25, -0.2) is 9.98 Å². The monoisotopic (exact) mass is 538 g/mol. The molecule has 2 heterocycles. The SMILES string of the molecule is CCNC(=NCc1nc2ccccc2n1C)NC1CCN(c2cccc(Cl)c2)C1.I. The first-order valence-electron chi connectivity index (χ1n) is 10.1. The fourth-order valence-electron chi connectivity index (χ4n) is 3.79. The third-order valence-electron chi connectivity index (χ3n) is 5.31. The topological polar surface area (TPSA) is 57.5 Å². The maximum absolute atomic E-state index is 6.15. The van der Waals surface area contributed by atoms with Crippen molar-refractivity contribution in [1.29, 1.82) is 0 Å². The van der Waals surface area contributed by atoms with Crippen molar-refractivity contribution in [3.05, 3.63) is 59.4 Å². The zero-order chi connectivity index (χ0) is 20.2. The molecule has 6 nitrogen and oxygen atoms in total. The van der Waals surface area contributed by atoms with Gasteiger partial charge in [0.25, 0.3) is 0 Å². The molecule has 1 fully saturated rings. The number of aryl methyl sites for hydroxylation is 1. The molecule has 1 aliphatic rings. The standard InChI is InChI=1S/C22H27ClN6.HI/c1-3-24-22(25-14-21-27-19-9-4-5-10-20(19)28(21)2)26-17-11-12-29(15-17)18-8-6-7-16(23)13-18;/h4-10,13,17H,3,11-12,14-15H2,1-2H3,(H2,24,25,26);1H. The van der Waals surface area contributed by atoms with E-state index >= 15 is 0 Å². The van der Waals surface area contributed by atoms with Crippen LogP contribution in [0.4, 0.5) is 5.69 Å². The van der Waals surface area contributed by atoms with Crippen molar-refractivity contribution in [1.82, 2.24) is 20.2 Å². The van der Waals surface area contributed by atoms with E-state index in [9.17, 15) is 0 Å². The van der Waals surface area contributed by atoms with E-state index in [1.807, 2.05) is 43.4 Å². The molecule has 4 rings (SSSR count). The highest BCUT2D eigenvalue weighted by Crippen LogP contribution is 2.23. The van der Waals surface area contributed by atoms with Gasteiger partial charge in [0.2, 0.25) is 0 Å². The number of aliphatic imine (C=N–C) groups is 1. The first kappa shape index (κ1) is 22.7. The van der Waals surface area contributed by atoms with Crippen molar-refractivity contribution < 1.29 is 0 Å². The van der Waals surface area contributed by atoms with Crippen molar-refractivity contribution >= 4 is 58.3 Å². The fraction of sp³-hybridized carbons (Fsp3) is 0.364. The number of guanidine groups is 1. The third kappa shape index (κ3) is 5.18. The highest BCUT2D eigenvalue weighted by Gasteiger charge is 2.23. The molecule has 1 saturated heterocycles. The van der Waals surface area contributed by atoms with Gasteiger partial charge in [0.1, 0.15) is 12.4 Å². The number of benzene rings is 2. The molecule has 0 bridgehead atoms. The van der Waals surface area contributed by atoms with Gasteiger partial charge in [-0.05, 0) is 43.7 Å². The molecule has 160 valence electrons. The van der Waals surface area contributed by atoms with Gasteiger partial charge in [-0.3, -0.25) is 0 Å². The van der Waals surface area contributed by atoms with E-state index in [1.54, 1.807) is 0 Å². The molecule has 2 aromatic carbocycles. The van der Waals surface area contributed by atoms with Crippen molar-refractivity contribution in [2.45, 2.75) is 25.9 Å². The van der Waals surface area contributed by atoms with Crippen LogP contribution in [0.2, 0.25) is 5.02 Å². The van der Waals surface area contributed by atoms with Crippen LogP contribution in [0.3, 0.4) is 0 Å². The number of nitrogens with one attached hydrogen (secondary N) is 2. The van der Waals surface area contributed by atoms with Gasteiger partial charge in [0.05, 0.1) is 11.0 Å². The van der Waals surface area contributed by atoms with Crippen LogP contribution >= 0.6 is 35.6 Å². The minimum absolute atomic E-state index is 0. The average Bonchev–Trinajstić information content (AvgIpc) is 3.31. The second-order valence-corrected chi connectivity index (χ2v) is 7.76. The summed E-state index contributed by atoms with van der Waals surface area (Å²) in [6.45, 7) is 5.36.